The van der Waals surface area contributed by atoms with Gasteiger partial charge in [0.25, 0.3) is 5.91 Å². The van der Waals surface area contributed by atoms with Crippen molar-refractivity contribution in [3.05, 3.63) is 30.1 Å². The van der Waals surface area contributed by atoms with Gasteiger partial charge in [-0.15, -0.1) is 0 Å². The van der Waals surface area contributed by atoms with Crippen LogP contribution in [-0.4, -0.2) is 43.2 Å². The molecule has 0 spiro atoms. The van der Waals surface area contributed by atoms with Crippen molar-refractivity contribution < 1.29 is 19.0 Å². The minimum Gasteiger partial charge on any atom is -0.493 e. The van der Waals surface area contributed by atoms with Gasteiger partial charge in [0.15, 0.2) is 11.5 Å². The van der Waals surface area contributed by atoms with Gasteiger partial charge < -0.3 is 24.8 Å². The number of benzene rings is 1. The van der Waals surface area contributed by atoms with Crippen LogP contribution in [0, 0.1) is 0 Å². The zero-order valence-electron chi connectivity index (χ0n) is 16.4. The predicted molar refractivity (Wildman–Crippen MR) is 107 cm³/mol. The molecule has 3 rings (SSSR count). The summed E-state index contributed by atoms with van der Waals surface area (Å²) in [6, 6.07) is 5.28. The molecule has 1 saturated carbocycles. The molecule has 2 aromatic rings. The van der Waals surface area contributed by atoms with Crippen LogP contribution in [0.25, 0.3) is 0 Å². The van der Waals surface area contributed by atoms with Crippen LogP contribution in [0.4, 0.5) is 11.6 Å². The topological polar surface area (TPSA) is 94.6 Å². The zero-order chi connectivity index (χ0) is 19.9. The van der Waals surface area contributed by atoms with Gasteiger partial charge in [-0.1, -0.05) is 19.3 Å². The van der Waals surface area contributed by atoms with Gasteiger partial charge in [0, 0.05) is 30.1 Å². The molecule has 0 saturated heterocycles. The van der Waals surface area contributed by atoms with Gasteiger partial charge in [0.05, 0.1) is 21.3 Å². The highest BCUT2D eigenvalue weighted by molar-refractivity contribution is 6.03. The van der Waals surface area contributed by atoms with Crippen molar-refractivity contribution in [2.75, 3.05) is 32.0 Å². The minimum absolute atomic E-state index is 0.280. The molecule has 1 amide bonds. The van der Waals surface area contributed by atoms with E-state index in [0.717, 1.165) is 12.8 Å². The molecular formula is C20H26N4O4. The van der Waals surface area contributed by atoms with Crippen molar-refractivity contribution in [3.8, 4) is 17.2 Å². The quantitative estimate of drug-likeness (QED) is 0.752. The monoisotopic (exact) mass is 386 g/mol. The maximum absolute atomic E-state index is 12.7. The van der Waals surface area contributed by atoms with E-state index in [1.165, 1.54) is 40.6 Å². The molecule has 0 atom stereocenters. The average molecular weight is 386 g/mol. The number of rotatable bonds is 7. The Morgan fingerprint density at radius 1 is 1.04 bits per heavy atom. The molecule has 8 nitrogen and oxygen atoms in total. The highest BCUT2D eigenvalue weighted by atomic mass is 16.5. The second-order valence-electron chi connectivity index (χ2n) is 6.61. The lowest BCUT2D eigenvalue weighted by molar-refractivity contribution is 0.102. The normalized spacial score (nSPS) is 14.2. The second kappa shape index (κ2) is 9.25. The summed E-state index contributed by atoms with van der Waals surface area (Å²) in [5, 5.41) is 6.15. The van der Waals surface area contributed by atoms with E-state index in [-0.39, 0.29) is 11.6 Å². The molecule has 1 heterocycles. The van der Waals surface area contributed by atoms with Crippen molar-refractivity contribution in [2.45, 2.75) is 38.1 Å². The van der Waals surface area contributed by atoms with Gasteiger partial charge in [-0.3, -0.25) is 4.79 Å². The van der Waals surface area contributed by atoms with Crippen molar-refractivity contribution in [1.82, 2.24) is 9.97 Å². The Morgan fingerprint density at radius 2 is 1.71 bits per heavy atom. The first-order chi connectivity index (χ1) is 13.6. The molecule has 150 valence electrons. The van der Waals surface area contributed by atoms with Gasteiger partial charge in [0.2, 0.25) is 11.7 Å². The third-order valence-electron chi connectivity index (χ3n) is 4.75. The molecule has 0 radical (unpaired) electrons. The SMILES string of the molecule is COc1cc(NC(=O)c2ccnc(NC3CCCCC3)n2)cc(OC)c1OC. The number of hydrogen-bond donors (Lipinski definition) is 2. The first-order valence-corrected chi connectivity index (χ1v) is 9.35. The molecule has 1 aromatic carbocycles. The Hall–Kier alpha value is -3.03. The third-order valence-corrected chi connectivity index (χ3v) is 4.75. The van der Waals surface area contributed by atoms with Crippen LogP contribution in [0.1, 0.15) is 42.6 Å². The third kappa shape index (κ3) is 4.62. The first kappa shape index (κ1) is 19.7. The fourth-order valence-corrected chi connectivity index (χ4v) is 3.33. The van der Waals surface area contributed by atoms with Crippen LogP contribution >= 0.6 is 0 Å². The van der Waals surface area contributed by atoms with Crippen molar-refractivity contribution in [3.63, 3.8) is 0 Å². The molecule has 2 N–H and O–H groups in total. The molecule has 28 heavy (non-hydrogen) atoms. The van der Waals surface area contributed by atoms with Gasteiger partial charge in [-0.2, -0.15) is 0 Å². The number of carbonyl (C=O) groups is 1. The molecule has 1 aliphatic carbocycles. The molecule has 1 aromatic heterocycles. The standard InChI is InChI=1S/C20H26N4O4/c1-26-16-11-14(12-17(27-2)18(16)28-3)22-19(25)15-9-10-21-20(24-15)23-13-7-5-4-6-8-13/h9-13H,4-8H2,1-3H3,(H,22,25)(H,21,23,24). The van der Waals surface area contributed by atoms with E-state index in [9.17, 15) is 4.79 Å². The zero-order valence-corrected chi connectivity index (χ0v) is 16.4. The molecule has 1 aliphatic rings. The van der Waals surface area contributed by atoms with Gasteiger partial charge in [0.1, 0.15) is 5.69 Å². The Labute approximate surface area is 164 Å². The lowest BCUT2D eigenvalue weighted by atomic mass is 9.96. The van der Waals surface area contributed by atoms with E-state index in [2.05, 4.69) is 20.6 Å². The fourth-order valence-electron chi connectivity index (χ4n) is 3.33. The van der Waals surface area contributed by atoms with E-state index in [4.69, 9.17) is 14.2 Å². The summed E-state index contributed by atoms with van der Waals surface area (Å²) in [4.78, 5) is 21.3. The van der Waals surface area contributed by atoms with Gasteiger partial charge in [-0.25, -0.2) is 9.97 Å². The van der Waals surface area contributed by atoms with Crippen LogP contribution in [0.3, 0.4) is 0 Å². The highest BCUT2D eigenvalue weighted by Gasteiger charge is 2.17. The number of carbonyl (C=O) groups excluding carboxylic acids is 1. The van der Waals surface area contributed by atoms with Crippen LogP contribution in [-0.2, 0) is 0 Å². The minimum atomic E-state index is -0.344. The number of ether oxygens (including phenoxy) is 3. The number of amides is 1. The van der Waals surface area contributed by atoms with Crippen LogP contribution in [0.2, 0.25) is 0 Å². The Kier molecular flexibility index (Phi) is 6.52. The lowest BCUT2D eigenvalue weighted by Crippen LogP contribution is -2.24. The summed E-state index contributed by atoms with van der Waals surface area (Å²) < 4.78 is 15.9. The van der Waals surface area contributed by atoms with E-state index >= 15 is 0 Å². The van der Waals surface area contributed by atoms with Gasteiger partial charge in [-0.05, 0) is 18.9 Å². The Balaban J connectivity index is 1.75. The Morgan fingerprint density at radius 3 is 2.32 bits per heavy atom. The summed E-state index contributed by atoms with van der Waals surface area (Å²) in [5.74, 6) is 1.51. The molecule has 1 fully saturated rings. The fraction of sp³-hybridized carbons (Fsp3) is 0.450. The number of aromatic nitrogens is 2. The van der Waals surface area contributed by atoms with Crippen molar-refractivity contribution in [1.29, 1.82) is 0 Å². The average Bonchev–Trinajstić information content (AvgIpc) is 2.73. The van der Waals surface area contributed by atoms with E-state index < -0.39 is 0 Å². The van der Waals surface area contributed by atoms with Crippen LogP contribution < -0.4 is 24.8 Å². The second-order valence-corrected chi connectivity index (χ2v) is 6.61. The number of nitrogens with one attached hydrogen (secondary N) is 2. The number of anilines is 2. The molecule has 8 heteroatoms. The van der Waals surface area contributed by atoms with Gasteiger partial charge >= 0.3 is 0 Å². The first-order valence-electron chi connectivity index (χ1n) is 9.35. The molecule has 0 unspecified atom stereocenters. The van der Waals surface area contributed by atoms with Crippen molar-refractivity contribution >= 4 is 17.5 Å². The summed E-state index contributed by atoms with van der Waals surface area (Å²) in [6.07, 6.45) is 7.48. The summed E-state index contributed by atoms with van der Waals surface area (Å²) in [7, 11) is 4.58. The maximum atomic E-state index is 12.7. The summed E-state index contributed by atoms with van der Waals surface area (Å²) in [6.45, 7) is 0. The van der Waals surface area contributed by atoms with Crippen molar-refractivity contribution in [2.24, 2.45) is 0 Å². The smallest absolute Gasteiger partial charge is 0.274 e. The van der Waals surface area contributed by atoms with E-state index in [0.29, 0.717) is 34.9 Å². The highest BCUT2D eigenvalue weighted by Crippen LogP contribution is 2.40. The van der Waals surface area contributed by atoms with Crippen LogP contribution in [0.15, 0.2) is 24.4 Å². The molecule has 0 bridgehead atoms. The predicted octanol–water partition coefficient (Wildman–Crippen LogP) is 3.50. The Bertz CT molecular complexity index is 797. The number of hydrogen-bond acceptors (Lipinski definition) is 7. The largest absolute Gasteiger partial charge is 0.493 e. The number of nitrogens with zero attached hydrogens (tertiary/aromatic N) is 2. The maximum Gasteiger partial charge on any atom is 0.274 e. The number of methoxy groups -OCH3 is 3. The molecule has 0 aliphatic heterocycles. The molecular weight excluding hydrogens is 360 g/mol. The van der Waals surface area contributed by atoms with E-state index in [1.807, 2.05) is 0 Å². The van der Waals surface area contributed by atoms with Crippen LogP contribution in [0.5, 0.6) is 17.2 Å². The lowest BCUT2D eigenvalue weighted by Gasteiger charge is -2.22. The summed E-state index contributed by atoms with van der Waals surface area (Å²) >= 11 is 0. The summed E-state index contributed by atoms with van der Waals surface area (Å²) in [5.41, 5.74) is 0.793. The van der Waals surface area contributed by atoms with E-state index in [1.54, 1.807) is 24.4 Å².